The molecule has 3 aliphatic carbocycles. The number of aromatic nitrogens is 1. The lowest BCUT2D eigenvalue weighted by atomic mass is 9.83. The van der Waals surface area contributed by atoms with Gasteiger partial charge in [-0.1, -0.05) is 69.5 Å². The third-order valence-corrected chi connectivity index (χ3v) is 15.6. The number of sulfonamides is 1. The summed E-state index contributed by atoms with van der Waals surface area (Å²) in [5.41, 5.74) is 0.742. The Hall–Kier alpha value is -5.38. The third kappa shape index (κ3) is 9.81. The first kappa shape index (κ1) is 45.2. The molecule has 1 saturated heterocycles. The number of hydrogen-bond donors (Lipinski definition) is 3. The zero-order chi connectivity index (χ0) is 45.4. The highest BCUT2D eigenvalue weighted by molar-refractivity contribution is 7.91. The number of benzene rings is 2. The van der Waals surface area contributed by atoms with Crippen molar-refractivity contribution >= 4 is 50.6 Å². The molecule has 0 unspecified atom stereocenters. The molecular weight excluding hydrogens is 837 g/mol. The van der Waals surface area contributed by atoms with E-state index in [1.165, 1.54) is 11.0 Å². The van der Waals surface area contributed by atoms with E-state index < -0.39 is 68.7 Å². The van der Waals surface area contributed by atoms with Crippen molar-refractivity contribution in [1.82, 2.24) is 25.2 Å². The van der Waals surface area contributed by atoms with Crippen LogP contribution in [-0.2, 0) is 42.1 Å². The second-order valence-electron chi connectivity index (χ2n) is 19.3. The van der Waals surface area contributed by atoms with Crippen molar-refractivity contribution in [2.24, 2.45) is 17.3 Å². The molecule has 5 aliphatic rings. The largest absolute Gasteiger partial charge is 0.496 e. The van der Waals surface area contributed by atoms with Gasteiger partial charge in [-0.05, 0) is 79.9 Å². The lowest BCUT2D eigenvalue weighted by Gasteiger charge is -2.35. The van der Waals surface area contributed by atoms with Crippen molar-refractivity contribution < 1.29 is 41.8 Å². The predicted octanol–water partition coefficient (Wildman–Crippen LogP) is 5.94. The Kier molecular flexibility index (Phi) is 12.9. The molecule has 64 heavy (non-hydrogen) atoms. The van der Waals surface area contributed by atoms with Crippen molar-refractivity contribution in [2.75, 3.05) is 32.2 Å². The van der Waals surface area contributed by atoms with E-state index in [4.69, 9.17) is 19.2 Å². The van der Waals surface area contributed by atoms with E-state index in [9.17, 15) is 22.8 Å². The second kappa shape index (κ2) is 18.2. The van der Waals surface area contributed by atoms with Gasteiger partial charge in [-0.15, -0.1) is 6.58 Å². The first-order chi connectivity index (χ1) is 30.6. The number of ether oxygens (including phenoxy) is 3. The molecule has 2 aliphatic heterocycles. The quantitative estimate of drug-likeness (QED) is 0.194. The van der Waals surface area contributed by atoms with E-state index in [0.717, 1.165) is 48.6 Å². The monoisotopic (exact) mass is 898 g/mol. The van der Waals surface area contributed by atoms with Gasteiger partial charge < -0.3 is 34.6 Å². The molecule has 4 bridgehead atoms. The van der Waals surface area contributed by atoms with Crippen LogP contribution in [0.5, 0.6) is 11.5 Å². The maximum absolute atomic E-state index is 15.1. The number of anilines is 1. The van der Waals surface area contributed by atoms with Gasteiger partial charge in [0.25, 0.3) is 5.91 Å². The summed E-state index contributed by atoms with van der Waals surface area (Å²) in [6, 6.07) is 13.8. The average Bonchev–Trinajstić information content (AvgIpc) is 4.21. The summed E-state index contributed by atoms with van der Waals surface area (Å²) < 4.78 is 46.8. The van der Waals surface area contributed by atoms with Gasteiger partial charge in [0.05, 0.1) is 31.0 Å². The summed E-state index contributed by atoms with van der Waals surface area (Å²) in [6.45, 7) is 8.62. The Labute approximate surface area is 376 Å². The van der Waals surface area contributed by atoms with Gasteiger partial charge in [0.2, 0.25) is 21.8 Å². The molecule has 344 valence electrons. The van der Waals surface area contributed by atoms with Crippen molar-refractivity contribution in [2.45, 2.75) is 126 Å². The van der Waals surface area contributed by atoms with E-state index in [1.807, 2.05) is 74.3 Å². The number of hydrogen-bond acceptors (Lipinski definition) is 11. The SMILES string of the molecule is C=C[C@H]1C[C@@]1(NC(=O)[C@@H]1C[C@@H]2CN1C(=O)[C@H](C1CCCCC1)NC(=O)OCC(C)(C)CCCc1cc3c(cc(N(C)Cc4ccccc4)nc3cc1OC)O2)C(=O)NS(=O)(=O)C1CC1. The van der Waals surface area contributed by atoms with E-state index in [-0.39, 0.29) is 37.3 Å². The van der Waals surface area contributed by atoms with Crippen molar-refractivity contribution in [3.8, 4) is 11.5 Å². The Balaban J connectivity index is 1.18. The molecular formula is C48H62N6O9S. The molecule has 15 nitrogen and oxygen atoms in total. The summed E-state index contributed by atoms with van der Waals surface area (Å²) in [6.07, 6.45) is 7.63. The maximum atomic E-state index is 15.1. The van der Waals surface area contributed by atoms with Gasteiger partial charge in [0, 0.05) is 43.5 Å². The number of aryl methyl sites for hydroxylation is 1. The van der Waals surface area contributed by atoms with Gasteiger partial charge in [-0.3, -0.25) is 19.1 Å². The molecule has 0 radical (unpaired) electrons. The molecule has 0 spiro atoms. The minimum atomic E-state index is -3.92. The van der Waals surface area contributed by atoms with E-state index >= 15 is 4.79 Å². The van der Waals surface area contributed by atoms with Crippen molar-refractivity contribution in [3.63, 3.8) is 0 Å². The standard InChI is InChI=1S/C48H62N6O9S/c1-6-33-26-48(33,45(57)52-64(59,60)35-19-20-35)51-43(55)38-23-34-28-54(38)44(56)42(31-16-11-8-12-17-31)50-46(58)62-29-47(2,3)21-13-18-32-22-36-37(24-39(32)61-5)49-41(25-40(36)63-34)53(4)27-30-14-9-7-10-15-30/h6-7,9-10,14-15,22,24-25,31,33-35,38,42H,1,8,11-13,16-21,23,26-29H2,2-5H3,(H,50,58)(H,51,55)(H,52,57)/t33-,34+,38-,42-,48-/m0/s1. The first-order valence-corrected chi connectivity index (χ1v) is 24.3. The van der Waals surface area contributed by atoms with Crippen LogP contribution in [0.1, 0.15) is 95.6 Å². The van der Waals surface area contributed by atoms with Crippen LogP contribution in [0.3, 0.4) is 0 Å². The minimum absolute atomic E-state index is 0.00788. The first-order valence-electron chi connectivity index (χ1n) is 22.8. The number of nitrogens with one attached hydrogen (secondary N) is 3. The minimum Gasteiger partial charge on any atom is -0.496 e. The molecule has 3 N–H and O–H groups in total. The molecule has 4 fully saturated rings. The van der Waals surface area contributed by atoms with Crippen molar-refractivity contribution in [3.05, 3.63) is 72.3 Å². The van der Waals surface area contributed by atoms with Gasteiger partial charge >= 0.3 is 6.09 Å². The number of nitrogens with zero attached hydrogens (tertiary/aromatic N) is 3. The number of rotatable bonds is 11. The summed E-state index contributed by atoms with van der Waals surface area (Å²) >= 11 is 0. The highest BCUT2D eigenvalue weighted by Gasteiger charge is 2.62. The molecule has 3 heterocycles. The normalized spacial score (nSPS) is 26.4. The number of carbonyl (C=O) groups is 4. The number of cyclic esters (lactones) is 1. The Morgan fingerprint density at radius 3 is 2.50 bits per heavy atom. The molecule has 5 atom stereocenters. The predicted molar refractivity (Wildman–Crippen MR) is 242 cm³/mol. The maximum Gasteiger partial charge on any atom is 0.407 e. The molecule has 2 aromatic carbocycles. The van der Waals surface area contributed by atoms with Gasteiger partial charge in [-0.25, -0.2) is 18.2 Å². The van der Waals surface area contributed by atoms with Crippen LogP contribution < -0.4 is 29.7 Å². The molecule has 8 rings (SSSR count). The molecule has 3 saturated carbocycles. The van der Waals surface area contributed by atoms with Crippen LogP contribution in [0.4, 0.5) is 10.6 Å². The zero-order valence-electron chi connectivity index (χ0n) is 37.4. The second-order valence-corrected chi connectivity index (χ2v) is 21.2. The fourth-order valence-corrected chi connectivity index (χ4v) is 11.1. The summed E-state index contributed by atoms with van der Waals surface area (Å²) in [4.78, 5) is 65.9. The average molecular weight is 899 g/mol. The fourth-order valence-electron chi connectivity index (χ4n) is 9.73. The summed E-state index contributed by atoms with van der Waals surface area (Å²) in [5.74, 6) is -0.787. The molecule has 3 aromatic rings. The van der Waals surface area contributed by atoms with Crippen molar-refractivity contribution in [1.29, 1.82) is 0 Å². The number of methoxy groups -OCH3 is 1. The third-order valence-electron chi connectivity index (χ3n) is 13.8. The lowest BCUT2D eigenvalue weighted by molar-refractivity contribution is -0.142. The van der Waals surface area contributed by atoms with Crippen LogP contribution >= 0.6 is 0 Å². The van der Waals surface area contributed by atoms with Crippen LogP contribution in [0.2, 0.25) is 0 Å². The Morgan fingerprint density at radius 1 is 1.06 bits per heavy atom. The van der Waals surface area contributed by atoms with Gasteiger partial charge in [0.1, 0.15) is 41.0 Å². The van der Waals surface area contributed by atoms with E-state index in [0.29, 0.717) is 61.5 Å². The number of fused-ring (bicyclic) bond motifs is 3. The Morgan fingerprint density at radius 2 is 1.81 bits per heavy atom. The molecule has 4 amide bonds. The number of alkyl carbamates (subject to hydrolysis) is 1. The van der Waals surface area contributed by atoms with Crippen LogP contribution in [0, 0.1) is 17.3 Å². The topological polar surface area (TPSA) is 186 Å². The van der Waals surface area contributed by atoms with Crippen LogP contribution in [-0.4, -0.2) is 98.4 Å². The van der Waals surface area contributed by atoms with Gasteiger partial charge in [0.15, 0.2) is 0 Å². The highest BCUT2D eigenvalue weighted by atomic mass is 32.2. The highest BCUT2D eigenvalue weighted by Crippen LogP contribution is 2.46. The summed E-state index contributed by atoms with van der Waals surface area (Å²) in [7, 11) is -0.330. The molecule has 1 aromatic heterocycles. The van der Waals surface area contributed by atoms with Gasteiger partial charge in [-0.2, -0.15) is 0 Å². The van der Waals surface area contributed by atoms with Crippen LogP contribution in [0.25, 0.3) is 10.9 Å². The fraction of sp³-hybridized carbons (Fsp3) is 0.562. The van der Waals surface area contributed by atoms with Crippen LogP contribution in [0.15, 0.2) is 61.2 Å². The molecule has 16 heteroatoms. The number of pyridine rings is 1. The lowest BCUT2D eigenvalue weighted by Crippen LogP contribution is -2.59. The van der Waals surface area contributed by atoms with E-state index in [1.54, 1.807) is 7.11 Å². The Bertz CT molecular complexity index is 2380. The van der Waals surface area contributed by atoms with E-state index in [2.05, 4.69) is 21.9 Å². The summed E-state index contributed by atoms with van der Waals surface area (Å²) in [5, 5.41) is 5.92. The zero-order valence-corrected chi connectivity index (χ0v) is 38.2. The number of carbonyl (C=O) groups excluding carboxylic acids is 4. The number of amides is 4. The smallest absolute Gasteiger partial charge is 0.407 e.